The number of nitrogens with one attached hydrogen (secondary N) is 1. The van der Waals surface area contributed by atoms with Crippen LogP contribution in [0.3, 0.4) is 0 Å². The highest BCUT2D eigenvalue weighted by Gasteiger charge is 2.19. The van der Waals surface area contributed by atoms with Crippen molar-refractivity contribution in [3.8, 4) is 5.75 Å². The van der Waals surface area contributed by atoms with E-state index in [9.17, 15) is 4.79 Å². The van der Waals surface area contributed by atoms with Crippen molar-refractivity contribution in [2.45, 2.75) is 45.1 Å². The van der Waals surface area contributed by atoms with Gasteiger partial charge in [0.1, 0.15) is 5.75 Å². The van der Waals surface area contributed by atoms with Crippen LogP contribution in [-0.2, 0) is 24.1 Å². The summed E-state index contributed by atoms with van der Waals surface area (Å²) in [5, 5.41) is 2.97. The number of aryl methyl sites for hydroxylation is 1. The predicted octanol–water partition coefficient (Wildman–Crippen LogP) is 3.69. The number of ether oxygens (including phenoxy) is 1. The summed E-state index contributed by atoms with van der Waals surface area (Å²) in [5.41, 5.74) is 3.88. The van der Waals surface area contributed by atoms with Gasteiger partial charge in [0.15, 0.2) is 6.10 Å². The number of fused-ring (bicyclic) bond motifs is 1. The maximum Gasteiger partial charge on any atom is 0.260 e. The topological polar surface area (TPSA) is 38.3 Å². The normalized spacial score (nSPS) is 14.5. The monoisotopic (exact) mass is 323 g/mol. The largest absolute Gasteiger partial charge is 0.481 e. The molecule has 1 aliphatic carbocycles. The Labute approximate surface area is 144 Å². The summed E-state index contributed by atoms with van der Waals surface area (Å²) < 4.78 is 5.97. The third-order valence-corrected chi connectivity index (χ3v) is 4.58. The Morgan fingerprint density at radius 2 is 1.88 bits per heavy atom. The molecule has 0 fully saturated rings. The van der Waals surface area contributed by atoms with Crippen molar-refractivity contribution in [2.24, 2.45) is 0 Å². The van der Waals surface area contributed by atoms with Gasteiger partial charge in [0.2, 0.25) is 0 Å². The van der Waals surface area contributed by atoms with Gasteiger partial charge in [-0.3, -0.25) is 4.79 Å². The van der Waals surface area contributed by atoms with Gasteiger partial charge in [-0.2, -0.15) is 0 Å². The summed E-state index contributed by atoms with van der Waals surface area (Å²) >= 11 is 0. The number of hydrogen-bond acceptors (Lipinski definition) is 2. The smallest absolute Gasteiger partial charge is 0.260 e. The number of carbonyl (C=O) groups excluding carboxylic acids is 1. The second kappa shape index (κ2) is 8.00. The summed E-state index contributed by atoms with van der Waals surface area (Å²) in [6.07, 6.45) is 4.96. The lowest BCUT2D eigenvalue weighted by atomic mass is 9.91. The maximum atomic E-state index is 12.3. The van der Waals surface area contributed by atoms with Crippen LogP contribution in [0.2, 0.25) is 0 Å². The third-order valence-electron chi connectivity index (χ3n) is 4.58. The maximum absolute atomic E-state index is 12.3. The number of amides is 1. The van der Waals surface area contributed by atoms with Crippen molar-refractivity contribution in [3.05, 3.63) is 65.2 Å². The fourth-order valence-electron chi connectivity index (χ4n) is 3.22. The van der Waals surface area contributed by atoms with E-state index in [2.05, 4.69) is 23.5 Å². The van der Waals surface area contributed by atoms with E-state index in [0.717, 1.165) is 25.0 Å². The lowest BCUT2D eigenvalue weighted by Gasteiger charge is -2.22. The molecule has 3 rings (SSSR count). The highest BCUT2D eigenvalue weighted by Crippen LogP contribution is 2.30. The lowest BCUT2D eigenvalue weighted by Crippen LogP contribution is -2.37. The van der Waals surface area contributed by atoms with Crippen molar-refractivity contribution >= 4 is 5.91 Å². The number of rotatable bonds is 6. The van der Waals surface area contributed by atoms with E-state index in [0.29, 0.717) is 6.54 Å². The van der Waals surface area contributed by atoms with Crippen LogP contribution in [0.15, 0.2) is 48.5 Å². The van der Waals surface area contributed by atoms with E-state index in [4.69, 9.17) is 4.74 Å². The van der Waals surface area contributed by atoms with Gasteiger partial charge < -0.3 is 10.1 Å². The molecule has 126 valence electrons. The van der Waals surface area contributed by atoms with Gasteiger partial charge in [0.25, 0.3) is 5.91 Å². The zero-order valence-electron chi connectivity index (χ0n) is 14.3. The SMILES string of the molecule is C[C@@H](Oc1cccc2c1CCCC2)C(=O)NCCc1ccccc1. The molecule has 1 atom stereocenters. The lowest BCUT2D eigenvalue weighted by molar-refractivity contribution is -0.127. The van der Waals surface area contributed by atoms with Crippen LogP contribution in [0.1, 0.15) is 36.5 Å². The molecule has 3 nitrogen and oxygen atoms in total. The van der Waals surface area contributed by atoms with Crippen molar-refractivity contribution in [3.63, 3.8) is 0 Å². The highest BCUT2D eigenvalue weighted by atomic mass is 16.5. The Balaban J connectivity index is 1.53. The predicted molar refractivity (Wildman–Crippen MR) is 96.3 cm³/mol. The van der Waals surface area contributed by atoms with Crippen LogP contribution in [0.5, 0.6) is 5.75 Å². The van der Waals surface area contributed by atoms with Crippen LogP contribution in [-0.4, -0.2) is 18.6 Å². The van der Waals surface area contributed by atoms with E-state index in [-0.39, 0.29) is 5.91 Å². The molecule has 2 aromatic carbocycles. The molecule has 1 amide bonds. The first-order valence-corrected chi connectivity index (χ1v) is 8.83. The summed E-state index contributed by atoms with van der Waals surface area (Å²) in [4.78, 5) is 12.3. The number of hydrogen-bond donors (Lipinski definition) is 1. The minimum absolute atomic E-state index is 0.0562. The molecular formula is C21H25NO2. The Kier molecular flexibility index (Phi) is 5.52. The Morgan fingerprint density at radius 3 is 2.71 bits per heavy atom. The first-order valence-electron chi connectivity index (χ1n) is 8.83. The summed E-state index contributed by atoms with van der Waals surface area (Å²) in [7, 11) is 0. The highest BCUT2D eigenvalue weighted by molar-refractivity contribution is 5.80. The van der Waals surface area contributed by atoms with Gasteiger partial charge in [-0.05, 0) is 61.8 Å². The average molecular weight is 323 g/mol. The first kappa shape index (κ1) is 16.6. The van der Waals surface area contributed by atoms with E-state index in [1.807, 2.05) is 37.3 Å². The molecule has 1 aliphatic rings. The molecule has 1 N–H and O–H groups in total. The Morgan fingerprint density at radius 1 is 1.08 bits per heavy atom. The van der Waals surface area contributed by atoms with E-state index in [1.54, 1.807) is 0 Å². The molecule has 0 saturated carbocycles. The van der Waals surface area contributed by atoms with Crippen LogP contribution < -0.4 is 10.1 Å². The average Bonchev–Trinajstić information content (AvgIpc) is 2.63. The summed E-state index contributed by atoms with van der Waals surface area (Å²) in [5.74, 6) is 0.817. The molecule has 24 heavy (non-hydrogen) atoms. The second-order valence-corrected chi connectivity index (χ2v) is 6.39. The van der Waals surface area contributed by atoms with Gasteiger partial charge in [-0.15, -0.1) is 0 Å². The molecule has 0 spiro atoms. The molecule has 2 aromatic rings. The molecule has 0 bridgehead atoms. The molecule has 0 aliphatic heterocycles. The zero-order chi connectivity index (χ0) is 16.8. The van der Waals surface area contributed by atoms with Crippen LogP contribution in [0, 0.1) is 0 Å². The van der Waals surface area contributed by atoms with Crippen molar-refractivity contribution in [1.29, 1.82) is 0 Å². The summed E-state index contributed by atoms with van der Waals surface area (Å²) in [6.45, 7) is 2.45. The standard InChI is InChI=1S/C21H25NO2/c1-16(21(23)22-15-14-17-8-3-2-4-9-17)24-20-13-7-11-18-10-5-6-12-19(18)20/h2-4,7-9,11,13,16H,5-6,10,12,14-15H2,1H3,(H,22,23)/t16-/m1/s1. The molecule has 0 heterocycles. The van der Waals surface area contributed by atoms with Gasteiger partial charge in [-0.25, -0.2) is 0 Å². The van der Waals surface area contributed by atoms with Gasteiger partial charge in [0, 0.05) is 6.54 Å². The molecule has 0 unspecified atom stereocenters. The Bertz CT molecular complexity index is 681. The molecule has 3 heteroatoms. The molecule has 0 saturated heterocycles. The quantitative estimate of drug-likeness (QED) is 0.880. The van der Waals surface area contributed by atoms with Crippen LogP contribution in [0.4, 0.5) is 0 Å². The summed E-state index contributed by atoms with van der Waals surface area (Å²) in [6, 6.07) is 16.4. The second-order valence-electron chi connectivity index (χ2n) is 6.39. The third kappa shape index (κ3) is 4.16. The molecular weight excluding hydrogens is 298 g/mol. The minimum Gasteiger partial charge on any atom is -0.481 e. The van der Waals surface area contributed by atoms with E-state index < -0.39 is 6.10 Å². The van der Waals surface area contributed by atoms with Crippen molar-refractivity contribution in [1.82, 2.24) is 5.32 Å². The molecule has 0 aromatic heterocycles. The van der Waals surface area contributed by atoms with E-state index >= 15 is 0 Å². The zero-order valence-corrected chi connectivity index (χ0v) is 14.3. The van der Waals surface area contributed by atoms with Crippen molar-refractivity contribution in [2.75, 3.05) is 6.54 Å². The minimum atomic E-state index is -0.478. The fraction of sp³-hybridized carbons (Fsp3) is 0.381. The van der Waals surface area contributed by atoms with Crippen LogP contribution in [0.25, 0.3) is 0 Å². The fourth-order valence-corrected chi connectivity index (χ4v) is 3.22. The van der Waals surface area contributed by atoms with Crippen LogP contribution >= 0.6 is 0 Å². The van der Waals surface area contributed by atoms with Gasteiger partial charge in [0.05, 0.1) is 0 Å². The molecule has 0 radical (unpaired) electrons. The van der Waals surface area contributed by atoms with Gasteiger partial charge >= 0.3 is 0 Å². The number of carbonyl (C=O) groups is 1. The first-order chi connectivity index (χ1) is 11.7. The van der Waals surface area contributed by atoms with Gasteiger partial charge in [-0.1, -0.05) is 42.5 Å². The Hall–Kier alpha value is -2.29. The van der Waals surface area contributed by atoms with E-state index in [1.165, 1.54) is 29.5 Å². The van der Waals surface area contributed by atoms with Crippen molar-refractivity contribution < 1.29 is 9.53 Å². The number of benzene rings is 2.